The summed E-state index contributed by atoms with van der Waals surface area (Å²) < 4.78 is 0. The fourth-order valence-electron chi connectivity index (χ4n) is 3.48. The molecule has 0 fully saturated rings. The SMILES string of the molecule is CCN(Cc1ccccc1)C1=C(c2cccs2)C(=O)N(c2cc(Cl)ccc2Cl)C1=O. The minimum absolute atomic E-state index is 0.291. The fourth-order valence-corrected chi connectivity index (χ4v) is 4.61. The summed E-state index contributed by atoms with van der Waals surface area (Å²) in [5.74, 6) is -0.793. The van der Waals surface area contributed by atoms with Gasteiger partial charge in [-0.05, 0) is 42.1 Å². The number of anilines is 1. The summed E-state index contributed by atoms with van der Waals surface area (Å²) in [6.45, 7) is 3.04. The van der Waals surface area contributed by atoms with Gasteiger partial charge in [-0.25, -0.2) is 4.90 Å². The van der Waals surface area contributed by atoms with E-state index in [1.807, 2.05) is 59.7 Å². The Hall–Kier alpha value is -2.60. The Morgan fingerprint density at radius 3 is 2.40 bits per heavy atom. The van der Waals surface area contributed by atoms with Crippen molar-refractivity contribution >= 4 is 57.6 Å². The van der Waals surface area contributed by atoms with Crippen LogP contribution >= 0.6 is 34.5 Å². The molecule has 30 heavy (non-hydrogen) atoms. The Bertz CT molecular complexity index is 1130. The number of rotatable bonds is 6. The molecule has 4 nitrogen and oxygen atoms in total. The summed E-state index contributed by atoms with van der Waals surface area (Å²) in [4.78, 5) is 30.9. The van der Waals surface area contributed by atoms with Crippen molar-refractivity contribution in [2.45, 2.75) is 13.5 Å². The van der Waals surface area contributed by atoms with E-state index < -0.39 is 11.8 Å². The van der Waals surface area contributed by atoms with Crippen LogP contribution in [0.25, 0.3) is 5.57 Å². The van der Waals surface area contributed by atoms with E-state index in [-0.39, 0.29) is 0 Å². The quantitative estimate of drug-likeness (QED) is 0.436. The third-order valence-electron chi connectivity index (χ3n) is 4.89. The molecule has 3 aromatic rings. The summed E-state index contributed by atoms with van der Waals surface area (Å²) in [6, 6.07) is 18.3. The maximum Gasteiger partial charge on any atom is 0.282 e. The van der Waals surface area contributed by atoms with Crippen LogP contribution < -0.4 is 4.90 Å². The number of carbonyl (C=O) groups excluding carboxylic acids is 2. The summed E-state index contributed by atoms with van der Waals surface area (Å²) in [7, 11) is 0. The average Bonchev–Trinajstić information content (AvgIpc) is 3.35. The van der Waals surface area contributed by atoms with Gasteiger partial charge in [-0.3, -0.25) is 9.59 Å². The minimum atomic E-state index is -0.398. The van der Waals surface area contributed by atoms with Gasteiger partial charge in [0.1, 0.15) is 5.70 Å². The van der Waals surface area contributed by atoms with Crippen LogP contribution in [0.15, 0.2) is 71.7 Å². The zero-order valence-electron chi connectivity index (χ0n) is 16.1. The Morgan fingerprint density at radius 2 is 1.73 bits per heavy atom. The van der Waals surface area contributed by atoms with Crippen molar-refractivity contribution in [2.75, 3.05) is 11.4 Å². The van der Waals surface area contributed by atoms with E-state index in [2.05, 4.69) is 0 Å². The Kier molecular flexibility index (Phi) is 5.95. The van der Waals surface area contributed by atoms with Gasteiger partial charge >= 0.3 is 0 Å². The third-order valence-corrected chi connectivity index (χ3v) is 6.33. The number of carbonyl (C=O) groups is 2. The second-order valence-corrected chi connectivity index (χ2v) is 8.53. The minimum Gasteiger partial charge on any atom is -0.362 e. The zero-order chi connectivity index (χ0) is 21.3. The van der Waals surface area contributed by atoms with Crippen molar-refractivity contribution in [3.63, 3.8) is 0 Å². The van der Waals surface area contributed by atoms with Gasteiger partial charge in [-0.1, -0.05) is 59.6 Å². The maximum absolute atomic E-state index is 13.6. The molecule has 0 radical (unpaired) electrons. The molecule has 2 aromatic carbocycles. The Balaban J connectivity index is 1.83. The van der Waals surface area contributed by atoms with Gasteiger partial charge in [0.15, 0.2) is 0 Å². The second-order valence-electron chi connectivity index (χ2n) is 6.74. The third kappa shape index (κ3) is 3.76. The molecular formula is C23H18Cl2N2O2S. The summed E-state index contributed by atoms with van der Waals surface area (Å²) in [5, 5.41) is 2.58. The standard InChI is InChI=1S/C23H18Cl2N2O2S/c1-2-26(14-15-7-4-3-5-8-15)21-20(19-9-6-12-30-19)22(28)27(23(21)29)18-13-16(24)10-11-17(18)25/h3-13H,2,14H2,1H3. The lowest BCUT2D eigenvalue weighted by molar-refractivity contribution is -0.120. The predicted octanol–water partition coefficient (Wildman–Crippen LogP) is 5.86. The van der Waals surface area contributed by atoms with E-state index >= 15 is 0 Å². The van der Waals surface area contributed by atoms with Gasteiger partial charge in [-0.15, -0.1) is 11.3 Å². The van der Waals surface area contributed by atoms with Crippen molar-refractivity contribution in [3.05, 3.63) is 92.2 Å². The Morgan fingerprint density at radius 1 is 0.967 bits per heavy atom. The molecule has 0 atom stereocenters. The number of thiophene rings is 1. The average molecular weight is 457 g/mol. The molecular weight excluding hydrogens is 439 g/mol. The van der Waals surface area contributed by atoms with Gasteiger partial charge in [0, 0.05) is 23.0 Å². The topological polar surface area (TPSA) is 40.6 Å². The van der Waals surface area contributed by atoms with Crippen LogP contribution in [0, 0.1) is 0 Å². The maximum atomic E-state index is 13.6. The number of benzene rings is 2. The lowest BCUT2D eigenvalue weighted by Crippen LogP contribution is -2.35. The van der Waals surface area contributed by atoms with Gasteiger partial charge in [0.2, 0.25) is 0 Å². The molecule has 0 N–H and O–H groups in total. The molecule has 0 unspecified atom stereocenters. The number of likely N-dealkylation sites (N-methyl/N-ethyl adjacent to an activating group) is 1. The molecule has 2 amide bonds. The van der Waals surface area contributed by atoms with Crippen molar-refractivity contribution < 1.29 is 9.59 Å². The number of hydrogen-bond donors (Lipinski definition) is 0. The predicted molar refractivity (Wildman–Crippen MR) is 123 cm³/mol. The van der Waals surface area contributed by atoms with Crippen LogP contribution in [0.3, 0.4) is 0 Å². The highest BCUT2D eigenvalue weighted by molar-refractivity contribution is 7.11. The summed E-state index contributed by atoms with van der Waals surface area (Å²) in [6.07, 6.45) is 0. The smallest absolute Gasteiger partial charge is 0.282 e. The summed E-state index contributed by atoms with van der Waals surface area (Å²) >= 11 is 13.9. The van der Waals surface area contributed by atoms with Gasteiger partial charge in [0.05, 0.1) is 16.3 Å². The molecule has 0 spiro atoms. The van der Waals surface area contributed by atoms with E-state index in [1.54, 1.807) is 18.2 Å². The van der Waals surface area contributed by atoms with Crippen LogP contribution in [0.5, 0.6) is 0 Å². The first kappa shape index (κ1) is 20.7. The van der Waals surface area contributed by atoms with Crippen molar-refractivity contribution in [1.29, 1.82) is 0 Å². The molecule has 1 aliphatic heterocycles. The van der Waals surface area contributed by atoms with E-state index in [0.717, 1.165) is 15.3 Å². The van der Waals surface area contributed by atoms with E-state index in [1.165, 1.54) is 11.3 Å². The second kappa shape index (κ2) is 8.64. The van der Waals surface area contributed by atoms with Crippen LogP contribution in [-0.4, -0.2) is 23.3 Å². The van der Waals surface area contributed by atoms with E-state index in [9.17, 15) is 9.59 Å². The van der Waals surface area contributed by atoms with Crippen molar-refractivity contribution in [2.24, 2.45) is 0 Å². The first-order valence-corrected chi connectivity index (χ1v) is 11.1. The molecule has 1 aliphatic rings. The number of nitrogens with zero attached hydrogens (tertiary/aromatic N) is 2. The molecule has 152 valence electrons. The molecule has 0 aliphatic carbocycles. The molecule has 4 rings (SSSR count). The molecule has 0 saturated heterocycles. The first-order valence-electron chi connectivity index (χ1n) is 9.42. The van der Waals surface area contributed by atoms with Crippen molar-refractivity contribution in [3.8, 4) is 0 Å². The molecule has 7 heteroatoms. The number of imide groups is 1. The molecule has 0 bridgehead atoms. The van der Waals surface area contributed by atoms with Crippen molar-refractivity contribution in [1.82, 2.24) is 4.90 Å². The lowest BCUT2D eigenvalue weighted by Gasteiger charge is -2.25. The number of halogens is 2. The number of hydrogen-bond acceptors (Lipinski definition) is 4. The summed E-state index contributed by atoms with van der Waals surface area (Å²) in [5.41, 5.74) is 2.12. The van der Waals surface area contributed by atoms with Gasteiger partial charge in [-0.2, -0.15) is 0 Å². The number of amides is 2. The monoisotopic (exact) mass is 456 g/mol. The van der Waals surface area contributed by atoms with Gasteiger partial charge < -0.3 is 4.90 Å². The molecule has 1 aromatic heterocycles. The lowest BCUT2D eigenvalue weighted by atomic mass is 10.1. The Labute approximate surface area is 188 Å². The normalized spacial score (nSPS) is 14.0. The van der Waals surface area contributed by atoms with E-state index in [0.29, 0.717) is 40.1 Å². The van der Waals surface area contributed by atoms with Gasteiger partial charge in [0.25, 0.3) is 11.8 Å². The molecule has 2 heterocycles. The highest BCUT2D eigenvalue weighted by atomic mass is 35.5. The fraction of sp³-hybridized carbons (Fsp3) is 0.130. The molecule has 0 saturated carbocycles. The van der Waals surface area contributed by atoms with Crippen LogP contribution in [0.4, 0.5) is 5.69 Å². The largest absolute Gasteiger partial charge is 0.362 e. The zero-order valence-corrected chi connectivity index (χ0v) is 18.5. The van der Waals surface area contributed by atoms with Crippen LogP contribution in [0.1, 0.15) is 17.4 Å². The van der Waals surface area contributed by atoms with Crippen LogP contribution in [0.2, 0.25) is 10.0 Å². The van der Waals surface area contributed by atoms with Crippen LogP contribution in [-0.2, 0) is 16.1 Å². The first-order chi connectivity index (χ1) is 14.5. The van der Waals surface area contributed by atoms with E-state index in [4.69, 9.17) is 23.2 Å². The highest BCUT2D eigenvalue weighted by Gasteiger charge is 2.43. The highest BCUT2D eigenvalue weighted by Crippen LogP contribution is 2.40.